The number of nitriles is 1. The van der Waals surface area contributed by atoms with E-state index in [0.29, 0.717) is 11.3 Å². The third kappa shape index (κ3) is 6.46. The summed E-state index contributed by atoms with van der Waals surface area (Å²) in [7, 11) is -2.54. The number of esters is 1. The zero-order valence-electron chi connectivity index (χ0n) is 23.4. The molecule has 0 spiro atoms. The van der Waals surface area contributed by atoms with Gasteiger partial charge in [0, 0.05) is 0 Å². The van der Waals surface area contributed by atoms with Gasteiger partial charge in [-0.2, -0.15) is 10.4 Å². The molecule has 14 nitrogen and oxygen atoms in total. The Hall–Kier alpha value is -3.86. The van der Waals surface area contributed by atoms with Crippen LogP contribution in [0, 0.1) is 17.2 Å². The summed E-state index contributed by atoms with van der Waals surface area (Å²) in [6, 6.07) is 10.2. The molecule has 0 saturated carbocycles. The van der Waals surface area contributed by atoms with Gasteiger partial charge in [-0.1, -0.05) is 31.4 Å². The summed E-state index contributed by atoms with van der Waals surface area (Å²) >= 11 is 0. The summed E-state index contributed by atoms with van der Waals surface area (Å²) in [5, 5.41) is 35.7. The summed E-state index contributed by atoms with van der Waals surface area (Å²) < 4.78 is 27.4. The lowest BCUT2D eigenvalue weighted by Gasteiger charge is -2.24. The first-order chi connectivity index (χ1) is 20.1. The van der Waals surface area contributed by atoms with Crippen LogP contribution in [0.5, 0.6) is 11.5 Å². The lowest BCUT2D eigenvalue weighted by Crippen LogP contribution is -2.41. The summed E-state index contributed by atoms with van der Waals surface area (Å²) in [6.45, 7) is 5.61. The largest absolute Gasteiger partial charge is 0.575 e. The highest BCUT2D eigenvalue weighted by Crippen LogP contribution is 2.40. The molecular formula is C27H33N6O8P. The lowest BCUT2D eigenvalue weighted by atomic mass is 9.92. The first-order valence-electron chi connectivity index (χ1n) is 13.4. The van der Waals surface area contributed by atoms with Crippen LogP contribution in [0.1, 0.15) is 39.3 Å². The van der Waals surface area contributed by atoms with Crippen molar-refractivity contribution < 1.29 is 38.6 Å². The van der Waals surface area contributed by atoms with Crippen LogP contribution in [-0.4, -0.2) is 68.3 Å². The number of nitrogens with two attached hydrogens (primary N) is 1. The Labute approximate surface area is 243 Å². The maximum atomic E-state index is 12.3. The zero-order chi connectivity index (χ0) is 30.4. The van der Waals surface area contributed by atoms with Crippen LogP contribution in [0.2, 0.25) is 0 Å². The molecule has 3 aromatic rings. The fourth-order valence-electron chi connectivity index (χ4n) is 4.47. The van der Waals surface area contributed by atoms with E-state index in [9.17, 15) is 25.2 Å². The number of rotatable bonds is 12. The molecule has 15 heteroatoms. The molecule has 4 N–H and O–H groups in total. The standard InChI is InChI=1S/C27H33N6O8P/c1-4-17(5-2)12-39-26(36)16(3)32-42(37)41-19-8-6-18(7-9-19)38-13-21-23(34)24(35)27(14-28,40-21)22-11-10-20-25(29)30-15-31-33(20)22/h6-11,15-17,21,23-24,34-35H,4-5,12-13H2,1-3H3,(H2,29,30,31)/t16?,21-,23-,24-,27+/m1/s1. The molecule has 6 atom stereocenters. The molecule has 0 radical (unpaired) electrons. The number of ether oxygens (including phenoxy) is 3. The van der Waals surface area contributed by atoms with E-state index in [2.05, 4.69) is 14.8 Å². The van der Waals surface area contributed by atoms with Gasteiger partial charge < -0.3 is 35.1 Å². The van der Waals surface area contributed by atoms with E-state index < -0.39 is 44.1 Å². The maximum Gasteiger partial charge on any atom is 0.395 e. The van der Waals surface area contributed by atoms with Gasteiger partial charge >= 0.3 is 14.1 Å². The molecule has 1 fully saturated rings. The highest BCUT2D eigenvalue weighted by molar-refractivity contribution is 7.34. The molecule has 4 rings (SSSR count). The van der Waals surface area contributed by atoms with Gasteiger partial charge in [-0.25, -0.2) is 14.3 Å². The molecule has 2 unspecified atom stereocenters. The number of aliphatic hydroxyl groups excluding tert-OH is 2. The van der Waals surface area contributed by atoms with Crippen molar-refractivity contribution in [3.63, 3.8) is 0 Å². The summed E-state index contributed by atoms with van der Waals surface area (Å²) in [4.78, 5) is 28.4. The zero-order valence-corrected chi connectivity index (χ0v) is 24.3. The lowest BCUT2D eigenvalue weighted by molar-refractivity contribution is -0.169. The number of hydrogen-bond donors (Lipinski definition) is 3. The van der Waals surface area contributed by atoms with Crippen LogP contribution < -0.4 is 19.9 Å². The number of nitrogens with zero attached hydrogens (tertiary/aromatic N) is 5. The van der Waals surface area contributed by atoms with Crippen LogP contribution in [-0.2, 0) is 19.9 Å². The van der Waals surface area contributed by atoms with Gasteiger partial charge in [-0.3, -0.25) is 4.52 Å². The highest BCUT2D eigenvalue weighted by Gasteiger charge is 2.57. The molecular weight excluding hydrogens is 567 g/mol. The number of carbonyl (C=O) groups is 1. The summed E-state index contributed by atoms with van der Waals surface area (Å²) in [5.41, 5.74) is 4.53. The van der Waals surface area contributed by atoms with Crippen LogP contribution in [0.4, 0.5) is 5.82 Å². The second-order valence-electron chi connectivity index (χ2n) is 9.82. The predicted octanol–water partition coefficient (Wildman–Crippen LogP) is 1.83. The Morgan fingerprint density at radius 3 is 2.62 bits per heavy atom. The number of anilines is 1. The topological polar surface area (TPSA) is 210 Å². The number of aromatic nitrogens is 3. The fourth-order valence-corrected chi connectivity index (χ4v) is 5.20. The van der Waals surface area contributed by atoms with Gasteiger partial charge in [-0.05, 0) is 49.2 Å². The van der Waals surface area contributed by atoms with Gasteiger partial charge in [0.2, 0.25) is 5.60 Å². The molecule has 0 aliphatic carbocycles. The number of aliphatic hydroxyl groups is 2. The van der Waals surface area contributed by atoms with E-state index in [4.69, 9.17) is 24.5 Å². The van der Waals surface area contributed by atoms with Crippen LogP contribution in [0.3, 0.4) is 0 Å². The van der Waals surface area contributed by atoms with Crippen LogP contribution in [0.25, 0.3) is 5.52 Å². The molecule has 1 saturated heterocycles. The van der Waals surface area contributed by atoms with E-state index in [1.807, 2.05) is 19.9 Å². The number of nitrogen functional groups attached to an aromatic ring is 1. The van der Waals surface area contributed by atoms with Crippen molar-refractivity contribution in [2.75, 3.05) is 18.9 Å². The number of carbonyl (C=O) groups excluding carboxylic acids is 1. The van der Waals surface area contributed by atoms with E-state index in [0.717, 1.165) is 12.8 Å². The maximum absolute atomic E-state index is 12.3. The van der Waals surface area contributed by atoms with E-state index in [1.54, 1.807) is 6.07 Å². The minimum Gasteiger partial charge on any atom is -0.575 e. The number of hydrogen-bond acceptors (Lipinski definition) is 13. The van der Waals surface area contributed by atoms with Gasteiger partial charge in [0.25, 0.3) is 0 Å². The van der Waals surface area contributed by atoms with E-state index in [1.165, 1.54) is 48.1 Å². The quantitative estimate of drug-likeness (QED) is 0.201. The average molecular weight is 601 g/mol. The molecule has 2 aromatic heterocycles. The van der Waals surface area contributed by atoms with Crippen LogP contribution >= 0.6 is 8.17 Å². The van der Waals surface area contributed by atoms with E-state index in [-0.39, 0.29) is 36.4 Å². The third-order valence-electron chi connectivity index (χ3n) is 7.13. The highest BCUT2D eigenvalue weighted by atomic mass is 31.1. The monoisotopic (exact) mass is 600 g/mol. The van der Waals surface area contributed by atoms with Gasteiger partial charge in [0.1, 0.15) is 48.6 Å². The van der Waals surface area contributed by atoms with Crippen molar-refractivity contribution in [1.82, 2.24) is 14.6 Å². The molecule has 0 bridgehead atoms. The van der Waals surface area contributed by atoms with Gasteiger partial charge in [0.15, 0.2) is 17.6 Å². The Kier molecular flexibility index (Phi) is 9.93. The third-order valence-corrected chi connectivity index (χ3v) is 8.03. The minimum atomic E-state index is -2.54. The molecule has 42 heavy (non-hydrogen) atoms. The van der Waals surface area contributed by atoms with Crippen LogP contribution in [0.15, 0.2) is 47.5 Å². The van der Waals surface area contributed by atoms with Crippen molar-refractivity contribution in [2.24, 2.45) is 10.7 Å². The Bertz CT molecular complexity index is 1460. The molecule has 224 valence electrons. The molecule has 1 aromatic carbocycles. The van der Waals surface area contributed by atoms with E-state index >= 15 is 0 Å². The SMILES string of the molecule is CCC(CC)COC(=O)C(C)N=[P+]([O-])Oc1ccc(OC[C@H]2O[C@@](C#N)(c3ccc4c(N)ncnn34)[C@H](O)[C@@H]2O)cc1. The van der Waals surface area contributed by atoms with Crippen molar-refractivity contribution in [3.8, 4) is 17.6 Å². The van der Waals surface area contributed by atoms with Crippen molar-refractivity contribution in [3.05, 3.63) is 48.4 Å². The van der Waals surface area contributed by atoms with Crippen molar-refractivity contribution >= 4 is 25.5 Å². The predicted molar refractivity (Wildman–Crippen MR) is 148 cm³/mol. The molecule has 1 aliphatic heterocycles. The first kappa shape index (κ1) is 31.1. The Morgan fingerprint density at radius 2 is 1.95 bits per heavy atom. The first-order valence-corrected chi connectivity index (χ1v) is 14.6. The second kappa shape index (κ2) is 13.4. The summed E-state index contributed by atoms with van der Waals surface area (Å²) in [5.74, 6) is 0.446. The molecule has 0 amide bonds. The Balaban J connectivity index is 1.35. The smallest absolute Gasteiger partial charge is 0.395 e. The van der Waals surface area contributed by atoms with Gasteiger partial charge in [-0.15, -0.1) is 0 Å². The molecule has 3 heterocycles. The summed E-state index contributed by atoms with van der Waals surface area (Å²) in [6.07, 6.45) is -1.15. The van der Waals surface area contributed by atoms with Crippen molar-refractivity contribution in [2.45, 2.75) is 63.6 Å². The molecule has 1 aliphatic rings. The van der Waals surface area contributed by atoms with Gasteiger partial charge in [0.05, 0.1) is 12.3 Å². The second-order valence-corrected chi connectivity index (χ2v) is 10.7. The normalized spacial score (nSPS) is 23.1. The number of fused-ring (bicyclic) bond motifs is 1. The van der Waals surface area contributed by atoms with Crippen molar-refractivity contribution in [1.29, 1.82) is 5.26 Å². The average Bonchev–Trinajstić information content (AvgIpc) is 3.53. The minimum absolute atomic E-state index is 0.174. The Morgan fingerprint density at radius 1 is 1.26 bits per heavy atom. The number of benzene rings is 1. The fraction of sp³-hybridized carbons (Fsp3) is 0.481.